The van der Waals surface area contributed by atoms with Crippen LogP contribution in [-0.4, -0.2) is 18.4 Å². The third kappa shape index (κ3) is 3.49. The summed E-state index contributed by atoms with van der Waals surface area (Å²) in [6.45, 7) is 0.281. The van der Waals surface area contributed by atoms with E-state index in [4.69, 9.17) is 27.9 Å². The molecule has 0 N–H and O–H groups in total. The van der Waals surface area contributed by atoms with Gasteiger partial charge in [-0.2, -0.15) is 0 Å². The molecule has 0 aliphatic carbocycles. The Kier molecular flexibility index (Phi) is 4.55. The Morgan fingerprint density at radius 2 is 1.78 bits per heavy atom. The Bertz CT molecular complexity index is 746. The highest BCUT2D eigenvalue weighted by Crippen LogP contribution is 2.29. The van der Waals surface area contributed by atoms with Crippen molar-refractivity contribution in [3.63, 3.8) is 0 Å². The Hall–Kier alpha value is -2.04. The molecule has 0 spiro atoms. The van der Waals surface area contributed by atoms with Crippen molar-refractivity contribution in [1.29, 1.82) is 0 Å². The van der Waals surface area contributed by atoms with Crippen LogP contribution in [0.15, 0.2) is 48.5 Å². The lowest BCUT2D eigenvalue weighted by Gasteiger charge is -2.16. The van der Waals surface area contributed by atoms with Crippen molar-refractivity contribution in [3.8, 4) is 5.75 Å². The summed E-state index contributed by atoms with van der Waals surface area (Å²) in [7, 11) is 0. The first-order chi connectivity index (χ1) is 11.0. The molecule has 23 heavy (non-hydrogen) atoms. The fourth-order valence-electron chi connectivity index (χ4n) is 2.46. The average molecular weight is 350 g/mol. The standard InChI is InChI=1S/C17H13Cl2NO3/c18-12-5-7-13(8-6-12)20-10-11(9-16(20)21)17(22)23-15-4-2-1-3-14(15)19/h1-8,11H,9-10H2/t11-/m0/s1. The van der Waals surface area contributed by atoms with E-state index >= 15 is 0 Å². The maximum absolute atomic E-state index is 12.3. The summed E-state index contributed by atoms with van der Waals surface area (Å²) >= 11 is 11.8. The highest BCUT2D eigenvalue weighted by molar-refractivity contribution is 6.32. The van der Waals surface area contributed by atoms with Gasteiger partial charge in [0.1, 0.15) is 5.75 Å². The van der Waals surface area contributed by atoms with Crippen molar-refractivity contribution in [2.75, 3.05) is 11.4 Å². The van der Waals surface area contributed by atoms with Gasteiger partial charge in [0.15, 0.2) is 0 Å². The number of hydrogen-bond acceptors (Lipinski definition) is 3. The van der Waals surface area contributed by atoms with Crippen LogP contribution in [0, 0.1) is 5.92 Å². The predicted octanol–water partition coefficient (Wildman–Crippen LogP) is 3.95. The Labute approximate surface area is 143 Å². The summed E-state index contributed by atoms with van der Waals surface area (Å²) < 4.78 is 5.31. The van der Waals surface area contributed by atoms with E-state index in [0.717, 1.165) is 0 Å². The number of carbonyl (C=O) groups is 2. The Morgan fingerprint density at radius 3 is 2.48 bits per heavy atom. The smallest absolute Gasteiger partial charge is 0.316 e. The molecule has 1 amide bonds. The minimum atomic E-state index is -0.519. The SMILES string of the molecule is O=C(Oc1ccccc1Cl)[C@H]1CC(=O)N(c2ccc(Cl)cc2)C1. The highest BCUT2D eigenvalue weighted by atomic mass is 35.5. The number of esters is 1. The third-order valence-electron chi connectivity index (χ3n) is 3.64. The molecule has 2 aromatic carbocycles. The molecule has 1 atom stereocenters. The third-order valence-corrected chi connectivity index (χ3v) is 4.21. The molecule has 3 rings (SSSR count). The van der Waals surface area contributed by atoms with Crippen LogP contribution in [0.25, 0.3) is 0 Å². The molecule has 0 saturated carbocycles. The van der Waals surface area contributed by atoms with Gasteiger partial charge >= 0.3 is 5.97 Å². The maximum Gasteiger partial charge on any atom is 0.316 e. The number of benzene rings is 2. The van der Waals surface area contributed by atoms with Crippen LogP contribution in [0.2, 0.25) is 10.0 Å². The number of para-hydroxylation sites is 1. The van der Waals surface area contributed by atoms with Crippen LogP contribution in [0.3, 0.4) is 0 Å². The molecule has 4 nitrogen and oxygen atoms in total. The molecule has 2 aromatic rings. The van der Waals surface area contributed by atoms with Crippen LogP contribution < -0.4 is 9.64 Å². The normalized spacial score (nSPS) is 17.4. The van der Waals surface area contributed by atoms with E-state index in [9.17, 15) is 9.59 Å². The molecule has 1 aliphatic rings. The molecule has 118 valence electrons. The lowest BCUT2D eigenvalue weighted by molar-refractivity contribution is -0.139. The number of halogens is 2. The van der Waals surface area contributed by atoms with E-state index in [1.807, 2.05) is 0 Å². The van der Waals surface area contributed by atoms with Gasteiger partial charge in [-0.25, -0.2) is 0 Å². The van der Waals surface area contributed by atoms with Gasteiger partial charge in [-0.05, 0) is 36.4 Å². The van der Waals surface area contributed by atoms with Crippen molar-refractivity contribution in [3.05, 3.63) is 58.6 Å². The van der Waals surface area contributed by atoms with Gasteiger partial charge in [-0.1, -0.05) is 35.3 Å². The van der Waals surface area contributed by atoms with Crippen LogP contribution in [-0.2, 0) is 9.59 Å². The largest absolute Gasteiger partial charge is 0.425 e. The minimum Gasteiger partial charge on any atom is -0.425 e. The molecule has 1 fully saturated rings. The number of nitrogens with zero attached hydrogens (tertiary/aromatic N) is 1. The topological polar surface area (TPSA) is 46.6 Å². The van der Waals surface area contributed by atoms with Crippen molar-refractivity contribution in [2.24, 2.45) is 5.92 Å². The van der Waals surface area contributed by atoms with Crippen molar-refractivity contribution in [1.82, 2.24) is 0 Å². The van der Waals surface area contributed by atoms with Gasteiger partial charge < -0.3 is 9.64 Å². The lowest BCUT2D eigenvalue weighted by Crippen LogP contribution is -2.27. The number of carbonyl (C=O) groups excluding carboxylic acids is 2. The van der Waals surface area contributed by atoms with E-state index in [2.05, 4.69) is 0 Å². The van der Waals surface area contributed by atoms with Gasteiger partial charge in [0.25, 0.3) is 0 Å². The molecule has 0 aromatic heterocycles. The predicted molar refractivity (Wildman–Crippen MR) is 89.0 cm³/mol. The van der Waals surface area contributed by atoms with E-state index in [0.29, 0.717) is 21.5 Å². The summed E-state index contributed by atoms with van der Waals surface area (Å²) in [4.78, 5) is 26.0. The highest BCUT2D eigenvalue weighted by Gasteiger charge is 2.36. The van der Waals surface area contributed by atoms with Crippen LogP contribution >= 0.6 is 23.2 Å². The quantitative estimate of drug-likeness (QED) is 0.622. The van der Waals surface area contributed by atoms with Gasteiger partial charge in [0.2, 0.25) is 5.91 Å². The Morgan fingerprint density at radius 1 is 1.09 bits per heavy atom. The van der Waals surface area contributed by atoms with E-state index in [-0.39, 0.29) is 18.9 Å². The Balaban J connectivity index is 1.71. The zero-order valence-electron chi connectivity index (χ0n) is 12.0. The monoisotopic (exact) mass is 349 g/mol. The fourth-order valence-corrected chi connectivity index (χ4v) is 2.76. The number of ether oxygens (including phenoxy) is 1. The second-order valence-corrected chi connectivity index (χ2v) is 6.08. The summed E-state index contributed by atoms with van der Waals surface area (Å²) in [6, 6.07) is 13.7. The van der Waals surface area contributed by atoms with Crippen molar-refractivity contribution < 1.29 is 14.3 Å². The number of rotatable bonds is 3. The molecular weight excluding hydrogens is 337 g/mol. The van der Waals surface area contributed by atoms with Crippen LogP contribution in [0.1, 0.15) is 6.42 Å². The van der Waals surface area contributed by atoms with Gasteiger partial charge in [-0.15, -0.1) is 0 Å². The number of hydrogen-bond donors (Lipinski definition) is 0. The second-order valence-electron chi connectivity index (χ2n) is 5.23. The summed E-state index contributed by atoms with van der Waals surface area (Å²) in [6.07, 6.45) is 0.117. The lowest BCUT2D eigenvalue weighted by atomic mass is 10.1. The molecule has 0 unspecified atom stereocenters. The van der Waals surface area contributed by atoms with Crippen molar-refractivity contribution >= 4 is 40.8 Å². The van der Waals surface area contributed by atoms with E-state index < -0.39 is 11.9 Å². The molecule has 1 heterocycles. The summed E-state index contributed by atoms with van der Waals surface area (Å²) in [5.74, 6) is -0.789. The fraction of sp³-hybridized carbons (Fsp3) is 0.176. The van der Waals surface area contributed by atoms with Gasteiger partial charge in [0.05, 0.1) is 10.9 Å². The van der Waals surface area contributed by atoms with Crippen molar-refractivity contribution in [2.45, 2.75) is 6.42 Å². The zero-order chi connectivity index (χ0) is 16.4. The maximum atomic E-state index is 12.3. The molecule has 0 radical (unpaired) electrons. The zero-order valence-corrected chi connectivity index (χ0v) is 13.6. The molecule has 1 aliphatic heterocycles. The van der Waals surface area contributed by atoms with Gasteiger partial charge in [0, 0.05) is 23.7 Å². The van der Waals surface area contributed by atoms with Crippen LogP contribution in [0.4, 0.5) is 5.69 Å². The van der Waals surface area contributed by atoms with Gasteiger partial charge in [-0.3, -0.25) is 9.59 Å². The molecular formula is C17H13Cl2NO3. The first-order valence-electron chi connectivity index (χ1n) is 7.07. The minimum absolute atomic E-state index is 0.117. The number of anilines is 1. The molecule has 1 saturated heterocycles. The number of amides is 1. The second kappa shape index (κ2) is 6.60. The summed E-state index contributed by atoms with van der Waals surface area (Å²) in [5, 5.41) is 0.954. The first kappa shape index (κ1) is 15.8. The average Bonchev–Trinajstić information content (AvgIpc) is 2.92. The van der Waals surface area contributed by atoms with E-state index in [1.54, 1.807) is 53.4 Å². The van der Waals surface area contributed by atoms with Crippen LogP contribution in [0.5, 0.6) is 5.75 Å². The first-order valence-corrected chi connectivity index (χ1v) is 7.82. The molecule has 6 heteroatoms. The summed E-state index contributed by atoms with van der Waals surface area (Å²) in [5.41, 5.74) is 0.715. The molecule has 0 bridgehead atoms. The van der Waals surface area contributed by atoms with E-state index in [1.165, 1.54) is 0 Å².